The zero-order chi connectivity index (χ0) is 19.3. The maximum atomic E-state index is 12.7. The minimum absolute atomic E-state index is 0.112. The summed E-state index contributed by atoms with van der Waals surface area (Å²) in [6.07, 6.45) is 5.43. The van der Waals surface area contributed by atoms with E-state index in [-0.39, 0.29) is 17.9 Å². The number of carbonyl (C=O) groups is 1. The van der Waals surface area contributed by atoms with E-state index in [0.717, 1.165) is 38.0 Å². The van der Waals surface area contributed by atoms with Gasteiger partial charge in [0, 0.05) is 44.0 Å². The van der Waals surface area contributed by atoms with Gasteiger partial charge in [-0.1, -0.05) is 37.3 Å². The predicted molar refractivity (Wildman–Crippen MR) is 106 cm³/mol. The number of likely N-dealkylation sites (tertiary alicyclic amines) is 1. The molecule has 0 aliphatic carbocycles. The molecule has 27 heavy (non-hydrogen) atoms. The van der Waals surface area contributed by atoms with Gasteiger partial charge in [0.2, 0.25) is 0 Å². The van der Waals surface area contributed by atoms with E-state index in [1.54, 1.807) is 6.92 Å². The summed E-state index contributed by atoms with van der Waals surface area (Å²) in [5.41, 5.74) is 0.784. The highest BCUT2D eigenvalue weighted by atomic mass is 16.3. The Morgan fingerprint density at radius 3 is 2.48 bits per heavy atom. The van der Waals surface area contributed by atoms with E-state index in [1.807, 2.05) is 61.8 Å². The number of carbonyl (C=O) groups excluding carboxylic acids is 1. The Hall–Kier alpha value is -2.24. The molecule has 1 aliphatic rings. The van der Waals surface area contributed by atoms with E-state index >= 15 is 0 Å². The molecule has 0 bridgehead atoms. The second kappa shape index (κ2) is 8.63. The molecule has 2 atom stereocenters. The zero-order valence-corrected chi connectivity index (χ0v) is 16.1. The van der Waals surface area contributed by atoms with Crippen molar-refractivity contribution in [1.29, 1.82) is 0 Å². The molecule has 5 nitrogen and oxygen atoms in total. The van der Waals surface area contributed by atoms with Crippen LogP contribution < -0.4 is 5.32 Å². The summed E-state index contributed by atoms with van der Waals surface area (Å²) in [7, 11) is 0. The smallest absolute Gasteiger partial charge is 0.252 e. The van der Waals surface area contributed by atoms with Crippen molar-refractivity contribution in [2.75, 3.05) is 13.1 Å². The lowest BCUT2D eigenvalue weighted by Crippen LogP contribution is -2.53. The molecule has 2 aromatic rings. The molecular weight excluding hydrogens is 338 g/mol. The predicted octanol–water partition coefficient (Wildman–Crippen LogP) is 2.72. The lowest BCUT2D eigenvalue weighted by atomic mass is 9.84. The van der Waals surface area contributed by atoms with E-state index < -0.39 is 5.60 Å². The van der Waals surface area contributed by atoms with Crippen molar-refractivity contribution in [3.8, 4) is 0 Å². The molecule has 1 aromatic heterocycles. The van der Waals surface area contributed by atoms with Crippen LogP contribution in [0.2, 0.25) is 0 Å². The minimum Gasteiger partial charge on any atom is -0.380 e. The monoisotopic (exact) mass is 367 g/mol. The number of rotatable bonds is 6. The van der Waals surface area contributed by atoms with Gasteiger partial charge in [-0.05, 0) is 43.0 Å². The number of amides is 1. The number of aliphatic hydroxyl groups is 1. The first-order valence-corrected chi connectivity index (χ1v) is 9.66. The van der Waals surface area contributed by atoms with E-state index in [0.29, 0.717) is 0 Å². The molecule has 1 aliphatic heterocycles. The molecule has 1 fully saturated rings. The van der Waals surface area contributed by atoms with Crippen LogP contribution in [0, 0.1) is 0 Å². The summed E-state index contributed by atoms with van der Waals surface area (Å²) in [6, 6.07) is 13.9. The molecule has 2 heterocycles. The van der Waals surface area contributed by atoms with Gasteiger partial charge in [-0.3, -0.25) is 14.7 Å². The highest BCUT2D eigenvalue weighted by Crippen LogP contribution is 2.28. The van der Waals surface area contributed by atoms with Crippen molar-refractivity contribution in [1.82, 2.24) is 15.2 Å². The van der Waals surface area contributed by atoms with Crippen LogP contribution in [-0.2, 0) is 11.3 Å². The molecule has 3 rings (SSSR count). The Labute approximate surface area is 161 Å². The van der Waals surface area contributed by atoms with Gasteiger partial charge in [0.1, 0.15) is 5.60 Å². The fourth-order valence-corrected chi connectivity index (χ4v) is 3.58. The fourth-order valence-electron chi connectivity index (χ4n) is 3.58. The number of pyridine rings is 1. The summed E-state index contributed by atoms with van der Waals surface area (Å²) >= 11 is 0. The Morgan fingerprint density at radius 1 is 1.22 bits per heavy atom. The van der Waals surface area contributed by atoms with Gasteiger partial charge in [-0.25, -0.2) is 0 Å². The highest BCUT2D eigenvalue weighted by molar-refractivity contribution is 5.85. The Balaban J connectivity index is 1.51. The molecule has 1 aromatic carbocycles. The van der Waals surface area contributed by atoms with Gasteiger partial charge in [0.05, 0.1) is 0 Å². The molecule has 1 amide bonds. The number of nitrogens with one attached hydrogen (secondary N) is 1. The Morgan fingerprint density at radius 2 is 1.85 bits per heavy atom. The van der Waals surface area contributed by atoms with Gasteiger partial charge < -0.3 is 10.4 Å². The van der Waals surface area contributed by atoms with E-state index in [2.05, 4.69) is 15.2 Å². The maximum Gasteiger partial charge on any atom is 0.252 e. The van der Waals surface area contributed by atoms with Crippen LogP contribution in [0.25, 0.3) is 0 Å². The lowest BCUT2D eigenvalue weighted by Gasteiger charge is -2.35. The van der Waals surface area contributed by atoms with Gasteiger partial charge in [-0.2, -0.15) is 0 Å². The first kappa shape index (κ1) is 19.5. The Kier molecular flexibility index (Phi) is 6.24. The first-order chi connectivity index (χ1) is 13.0. The SMILES string of the molecule is CC(c1ccccc1)C(C)(O)C(=O)NC1CCN(Cc2ccncc2)CC1. The maximum absolute atomic E-state index is 12.7. The van der Waals surface area contributed by atoms with Crippen molar-refractivity contribution in [3.63, 3.8) is 0 Å². The van der Waals surface area contributed by atoms with Crippen LogP contribution in [-0.4, -0.2) is 45.6 Å². The van der Waals surface area contributed by atoms with Crippen LogP contribution in [0.3, 0.4) is 0 Å². The van der Waals surface area contributed by atoms with Crippen LogP contribution >= 0.6 is 0 Å². The molecule has 2 unspecified atom stereocenters. The molecular formula is C22H29N3O2. The highest BCUT2D eigenvalue weighted by Gasteiger charge is 2.38. The third kappa shape index (κ3) is 4.93. The van der Waals surface area contributed by atoms with Crippen molar-refractivity contribution in [3.05, 3.63) is 66.0 Å². The molecule has 0 radical (unpaired) electrons. The number of piperidine rings is 1. The number of aromatic nitrogens is 1. The molecule has 5 heteroatoms. The first-order valence-electron chi connectivity index (χ1n) is 9.66. The van der Waals surface area contributed by atoms with Crippen molar-refractivity contribution in [2.24, 2.45) is 0 Å². The normalized spacial score (nSPS) is 19.2. The number of hydrogen-bond donors (Lipinski definition) is 2. The molecule has 144 valence electrons. The summed E-state index contributed by atoms with van der Waals surface area (Å²) in [4.78, 5) is 19.2. The number of benzene rings is 1. The largest absolute Gasteiger partial charge is 0.380 e. The summed E-state index contributed by atoms with van der Waals surface area (Å²) in [5.74, 6) is -0.558. The van der Waals surface area contributed by atoms with Crippen LogP contribution in [0.5, 0.6) is 0 Å². The topological polar surface area (TPSA) is 65.5 Å². The van der Waals surface area contributed by atoms with Crippen molar-refractivity contribution < 1.29 is 9.90 Å². The van der Waals surface area contributed by atoms with E-state index in [9.17, 15) is 9.90 Å². The molecule has 0 spiro atoms. The summed E-state index contributed by atoms with van der Waals surface area (Å²) in [6.45, 7) is 6.28. The second-order valence-corrected chi connectivity index (χ2v) is 7.66. The number of nitrogens with zero attached hydrogens (tertiary/aromatic N) is 2. The van der Waals surface area contributed by atoms with E-state index in [1.165, 1.54) is 5.56 Å². The van der Waals surface area contributed by atoms with Crippen molar-refractivity contribution in [2.45, 2.75) is 50.8 Å². The second-order valence-electron chi connectivity index (χ2n) is 7.66. The third-order valence-corrected chi connectivity index (χ3v) is 5.68. The molecule has 0 saturated carbocycles. The van der Waals surface area contributed by atoms with Gasteiger partial charge in [0.15, 0.2) is 0 Å². The summed E-state index contributed by atoms with van der Waals surface area (Å²) < 4.78 is 0. The zero-order valence-electron chi connectivity index (χ0n) is 16.1. The quantitative estimate of drug-likeness (QED) is 0.824. The Bertz CT molecular complexity index is 726. The van der Waals surface area contributed by atoms with Crippen LogP contribution in [0.1, 0.15) is 43.7 Å². The fraction of sp³-hybridized carbons (Fsp3) is 0.455. The van der Waals surface area contributed by atoms with E-state index in [4.69, 9.17) is 0 Å². The van der Waals surface area contributed by atoms with Crippen LogP contribution in [0.4, 0.5) is 0 Å². The van der Waals surface area contributed by atoms with Crippen molar-refractivity contribution >= 4 is 5.91 Å². The van der Waals surface area contributed by atoms with Gasteiger partial charge >= 0.3 is 0 Å². The third-order valence-electron chi connectivity index (χ3n) is 5.68. The van der Waals surface area contributed by atoms with Crippen LogP contribution in [0.15, 0.2) is 54.9 Å². The van der Waals surface area contributed by atoms with Gasteiger partial charge in [-0.15, -0.1) is 0 Å². The minimum atomic E-state index is -1.43. The molecule has 1 saturated heterocycles. The lowest BCUT2D eigenvalue weighted by molar-refractivity contribution is -0.141. The summed E-state index contributed by atoms with van der Waals surface area (Å²) in [5, 5.41) is 13.9. The number of hydrogen-bond acceptors (Lipinski definition) is 4. The standard InChI is InChI=1S/C22H29N3O2/c1-17(19-6-4-3-5-7-19)22(2,27)21(26)24-20-10-14-25(15-11-20)16-18-8-12-23-13-9-18/h3-9,12-13,17,20,27H,10-11,14-16H2,1-2H3,(H,24,26). The molecule has 2 N–H and O–H groups in total. The van der Waals surface area contributed by atoms with Gasteiger partial charge in [0.25, 0.3) is 5.91 Å². The average molecular weight is 367 g/mol. The average Bonchev–Trinajstić information content (AvgIpc) is 2.70.